The molecule has 5 nitrogen and oxygen atoms in total. The van der Waals surface area contributed by atoms with E-state index in [0.29, 0.717) is 5.69 Å². The molecule has 0 saturated carbocycles. The Morgan fingerprint density at radius 3 is 2.62 bits per heavy atom. The van der Waals surface area contributed by atoms with Gasteiger partial charge in [-0.1, -0.05) is 36.4 Å². The van der Waals surface area contributed by atoms with Gasteiger partial charge >= 0.3 is 0 Å². The van der Waals surface area contributed by atoms with Gasteiger partial charge in [0.15, 0.2) is 0 Å². The van der Waals surface area contributed by atoms with E-state index >= 15 is 0 Å². The first kappa shape index (κ1) is 11.7. The van der Waals surface area contributed by atoms with Crippen LogP contribution in [0.15, 0.2) is 54.7 Å². The summed E-state index contributed by atoms with van der Waals surface area (Å²) >= 11 is 0. The van der Waals surface area contributed by atoms with Crippen LogP contribution in [0.1, 0.15) is 0 Å². The fraction of sp³-hybridized carbons (Fsp3) is 0. The van der Waals surface area contributed by atoms with Crippen LogP contribution in [-0.4, -0.2) is 20.4 Å². The van der Waals surface area contributed by atoms with Crippen LogP contribution in [0.2, 0.25) is 0 Å². The maximum absolute atomic E-state index is 6.11. The average Bonchev–Trinajstić information content (AvgIpc) is 3.15. The van der Waals surface area contributed by atoms with E-state index in [4.69, 9.17) is 5.73 Å². The summed E-state index contributed by atoms with van der Waals surface area (Å²) in [5.41, 5.74) is 11.5. The monoisotopic (exact) mass is 275 g/mol. The molecule has 2 aromatic carbocycles. The quantitative estimate of drug-likeness (QED) is 0.491. The average molecular weight is 275 g/mol. The summed E-state index contributed by atoms with van der Waals surface area (Å²) in [5, 5.41) is 15.6. The molecule has 4 aromatic rings. The maximum Gasteiger partial charge on any atom is 0.106 e. The summed E-state index contributed by atoms with van der Waals surface area (Å²) in [6.07, 6.45) is 1.78. The van der Waals surface area contributed by atoms with Crippen molar-refractivity contribution in [1.29, 1.82) is 0 Å². The second kappa shape index (κ2) is 4.49. The van der Waals surface area contributed by atoms with Crippen LogP contribution in [0.3, 0.4) is 0 Å². The number of hydrogen-bond donors (Lipinski definition) is 3. The van der Waals surface area contributed by atoms with Crippen molar-refractivity contribution in [3.05, 3.63) is 54.7 Å². The summed E-state index contributed by atoms with van der Waals surface area (Å²) in [7, 11) is 0. The Hall–Kier alpha value is -3.08. The van der Waals surface area contributed by atoms with Crippen LogP contribution in [0, 0.1) is 0 Å². The van der Waals surface area contributed by atoms with Crippen LogP contribution in [0.4, 0.5) is 5.69 Å². The van der Waals surface area contributed by atoms with E-state index in [1.165, 1.54) is 0 Å². The molecule has 0 saturated heterocycles. The molecule has 2 heterocycles. The lowest BCUT2D eigenvalue weighted by atomic mass is 10.0. The van der Waals surface area contributed by atoms with E-state index in [9.17, 15) is 0 Å². The second-order valence-electron chi connectivity index (χ2n) is 4.87. The first-order valence-corrected chi connectivity index (χ1v) is 6.66. The topological polar surface area (TPSA) is 83.4 Å². The van der Waals surface area contributed by atoms with E-state index in [-0.39, 0.29) is 0 Å². The molecule has 4 rings (SSSR count). The molecule has 0 amide bonds. The number of H-pyrrole nitrogens is 2. The standard InChI is InChI=1S/C16H13N5/c17-12-7-4-8-13-14(12)16(21-19-13)11-9-18-20-15(11)10-5-2-1-3-6-10/h1-9H,17H2,(H,18,20)(H,19,21). The summed E-state index contributed by atoms with van der Waals surface area (Å²) < 4.78 is 0. The van der Waals surface area contributed by atoms with E-state index in [2.05, 4.69) is 20.4 Å². The van der Waals surface area contributed by atoms with Crippen LogP contribution in [-0.2, 0) is 0 Å². The third-order valence-corrected chi connectivity index (χ3v) is 3.58. The smallest absolute Gasteiger partial charge is 0.106 e. The zero-order valence-electron chi connectivity index (χ0n) is 11.2. The molecule has 0 fully saturated rings. The highest BCUT2D eigenvalue weighted by molar-refractivity contribution is 6.03. The van der Waals surface area contributed by atoms with Gasteiger partial charge in [-0.25, -0.2) is 0 Å². The normalized spacial score (nSPS) is 11.0. The van der Waals surface area contributed by atoms with Crippen molar-refractivity contribution in [2.24, 2.45) is 0 Å². The fourth-order valence-corrected chi connectivity index (χ4v) is 2.59. The van der Waals surface area contributed by atoms with Gasteiger partial charge in [0.1, 0.15) is 5.69 Å². The number of benzene rings is 2. The Kier molecular flexibility index (Phi) is 2.50. The van der Waals surface area contributed by atoms with E-state index in [1.54, 1.807) is 6.20 Å². The van der Waals surface area contributed by atoms with Gasteiger partial charge in [-0.05, 0) is 12.1 Å². The SMILES string of the molecule is Nc1cccc2[nH]nc(-c3cn[nH]c3-c3ccccc3)c12. The minimum atomic E-state index is 0.705. The number of nitrogens with two attached hydrogens (primary N) is 1. The lowest BCUT2D eigenvalue weighted by Crippen LogP contribution is -1.87. The molecule has 0 aliphatic rings. The number of fused-ring (bicyclic) bond motifs is 1. The van der Waals surface area contributed by atoms with Gasteiger partial charge < -0.3 is 5.73 Å². The van der Waals surface area contributed by atoms with Crippen molar-refractivity contribution in [2.45, 2.75) is 0 Å². The number of aromatic nitrogens is 4. The molecule has 5 heteroatoms. The third kappa shape index (κ3) is 1.79. The van der Waals surface area contributed by atoms with Gasteiger partial charge in [0.25, 0.3) is 0 Å². The maximum atomic E-state index is 6.11. The zero-order chi connectivity index (χ0) is 14.2. The van der Waals surface area contributed by atoms with E-state index in [0.717, 1.165) is 33.4 Å². The lowest BCUT2D eigenvalue weighted by molar-refractivity contribution is 1.10. The van der Waals surface area contributed by atoms with E-state index < -0.39 is 0 Å². The lowest BCUT2D eigenvalue weighted by Gasteiger charge is -2.02. The first-order chi connectivity index (χ1) is 10.3. The molecule has 102 valence electrons. The van der Waals surface area contributed by atoms with Gasteiger partial charge in [0.2, 0.25) is 0 Å². The first-order valence-electron chi connectivity index (χ1n) is 6.66. The Bertz CT molecular complexity index is 905. The highest BCUT2D eigenvalue weighted by Crippen LogP contribution is 2.35. The van der Waals surface area contributed by atoms with Crippen molar-refractivity contribution in [1.82, 2.24) is 20.4 Å². The number of nitrogen functional groups attached to an aromatic ring is 1. The summed E-state index contributed by atoms with van der Waals surface area (Å²) in [6.45, 7) is 0. The number of nitrogens with one attached hydrogen (secondary N) is 2. The zero-order valence-corrected chi connectivity index (χ0v) is 11.2. The summed E-state index contributed by atoms with van der Waals surface area (Å²) in [6, 6.07) is 15.8. The molecule has 21 heavy (non-hydrogen) atoms. The predicted octanol–water partition coefficient (Wildman–Crippen LogP) is 3.20. The second-order valence-corrected chi connectivity index (χ2v) is 4.87. The van der Waals surface area contributed by atoms with Crippen LogP contribution < -0.4 is 5.73 Å². The highest BCUT2D eigenvalue weighted by atomic mass is 15.1. The minimum Gasteiger partial charge on any atom is -0.398 e. The van der Waals surface area contributed by atoms with Gasteiger partial charge in [-0.2, -0.15) is 10.2 Å². The molecular formula is C16H13N5. The number of nitrogens with zero attached hydrogens (tertiary/aromatic N) is 2. The van der Waals surface area contributed by atoms with Crippen molar-refractivity contribution < 1.29 is 0 Å². The largest absolute Gasteiger partial charge is 0.398 e. The third-order valence-electron chi connectivity index (χ3n) is 3.58. The van der Waals surface area contributed by atoms with Gasteiger partial charge in [-0.15, -0.1) is 0 Å². The molecule has 0 spiro atoms. The van der Waals surface area contributed by atoms with Crippen LogP contribution in [0.5, 0.6) is 0 Å². The van der Waals surface area contributed by atoms with Gasteiger partial charge in [0.05, 0.1) is 22.8 Å². The van der Waals surface area contributed by atoms with Crippen LogP contribution >= 0.6 is 0 Å². The fourth-order valence-electron chi connectivity index (χ4n) is 2.59. The Morgan fingerprint density at radius 2 is 1.76 bits per heavy atom. The van der Waals surface area contributed by atoms with E-state index in [1.807, 2.05) is 48.5 Å². The molecule has 0 atom stereocenters. The molecule has 0 aliphatic heterocycles. The number of aromatic amines is 2. The summed E-state index contributed by atoms with van der Waals surface area (Å²) in [5.74, 6) is 0. The minimum absolute atomic E-state index is 0.705. The van der Waals surface area contributed by atoms with Crippen molar-refractivity contribution in [3.63, 3.8) is 0 Å². The predicted molar refractivity (Wildman–Crippen MR) is 83.5 cm³/mol. The molecule has 0 unspecified atom stereocenters. The molecule has 0 aliphatic carbocycles. The van der Waals surface area contributed by atoms with Crippen molar-refractivity contribution in [2.75, 3.05) is 5.73 Å². The number of rotatable bonds is 2. The molecule has 0 radical (unpaired) electrons. The highest BCUT2D eigenvalue weighted by Gasteiger charge is 2.16. The Balaban J connectivity index is 1.97. The van der Waals surface area contributed by atoms with Crippen molar-refractivity contribution >= 4 is 16.6 Å². The molecule has 4 N–H and O–H groups in total. The van der Waals surface area contributed by atoms with Crippen molar-refractivity contribution in [3.8, 4) is 22.5 Å². The summed E-state index contributed by atoms with van der Waals surface area (Å²) in [4.78, 5) is 0. The van der Waals surface area contributed by atoms with Gasteiger partial charge in [0, 0.05) is 16.8 Å². The van der Waals surface area contributed by atoms with Crippen LogP contribution in [0.25, 0.3) is 33.4 Å². The molecule has 0 bridgehead atoms. The number of hydrogen-bond acceptors (Lipinski definition) is 3. The molecular weight excluding hydrogens is 262 g/mol. The molecule has 2 aromatic heterocycles. The Labute approximate surface area is 120 Å². The number of anilines is 1. The Morgan fingerprint density at radius 1 is 0.905 bits per heavy atom. The van der Waals surface area contributed by atoms with Gasteiger partial charge in [-0.3, -0.25) is 10.2 Å².